The van der Waals surface area contributed by atoms with Gasteiger partial charge in [-0.15, -0.1) is 0 Å². The predicted octanol–water partition coefficient (Wildman–Crippen LogP) is 10.4. The second-order valence-electron chi connectivity index (χ2n) is 10.2. The van der Waals surface area contributed by atoms with Crippen LogP contribution in [0, 0.1) is 0 Å². The molecule has 2 nitrogen and oxygen atoms in total. The van der Waals surface area contributed by atoms with Crippen molar-refractivity contribution in [1.29, 1.82) is 0 Å². The first-order chi connectivity index (χ1) is 15.9. The van der Waals surface area contributed by atoms with E-state index in [0.29, 0.717) is 0 Å². The summed E-state index contributed by atoms with van der Waals surface area (Å²) in [4.78, 5) is 0. The summed E-state index contributed by atoms with van der Waals surface area (Å²) in [6.07, 6.45) is 37.3. The third-order valence-corrected chi connectivity index (χ3v) is 6.95. The Labute approximate surface area is 204 Å². The first-order valence-electron chi connectivity index (χ1n) is 14.9. The van der Waals surface area contributed by atoms with Crippen molar-refractivity contribution in [1.82, 2.24) is 0 Å². The maximum atomic E-state index is 5.10. The maximum Gasteiger partial charge on any atom is 0.0462 e. The lowest BCUT2D eigenvalue weighted by molar-refractivity contribution is 0.192. The summed E-state index contributed by atoms with van der Waals surface area (Å²) in [5.74, 6) is 0. The molecule has 0 unspecified atom stereocenters. The second-order valence-corrected chi connectivity index (χ2v) is 10.2. The highest BCUT2D eigenvalue weighted by Crippen LogP contribution is 2.16. The molecule has 0 aromatic carbocycles. The molecule has 0 rings (SSSR count). The predicted molar refractivity (Wildman–Crippen MR) is 144 cm³/mol. The van der Waals surface area contributed by atoms with Crippen molar-refractivity contribution in [3.8, 4) is 0 Å². The number of ether oxygens (including phenoxy) is 2. The van der Waals surface area contributed by atoms with Crippen LogP contribution in [0.3, 0.4) is 0 Å². The molecule has 0 saturated heterocycles. The van der Waals surface area contributed by atoms with Gasteiger partial charge in [-0.25, -0.2) is 0 Å². The fraction of sp³-hybridized carbons (Fsp3) is 1.00. The SMILES string of the molecule is COCCCCCCCCCCCCCCCCCCCCCCCCCCCCOC. The minimum absolute atomic E-state index is 0.942. The molecule has 32 heavy (non-hydrogen) atoms. The van der Waals surface area contributed by atoms with Crippen LogP contribution in [-0.4, -0.2) is 27.4 Å². The maximum absolute atomic E-state index is 5.10. The van der Waals surface area contributed by atoms with Gasteiger partial charge < -0.3 is 9.47 Å². The molecule has 0 aromatic heterocycles. The van der Waals surface area contributed by atoms with E-state index < -0.39 is 0 Å². The Balaban J connectivity index is 2.98. The number of methoxy groups -OCH3 is 2. The van der Waals surface area contributed by atoms with Gasteiger partial charge in [0, 0.05) is 27.4 Å². The zero-order valence-corrected chi connectivity index (χ0v) is 22.6. The Hall–Kier alpha value is -0.0800. The van der Waals surface area contributed by atoms with E-state index in [1.807, 2.05) is 0 Å². The van der Waals surface area contributed by atoms with E-state index in [1.54, 1.807) is 14.2 Å². The minimum Gasteiger partial charge on any atom is -0.385 e. The standard InChI is InChI=1S/C30H62O2/c1-31-29-27-25-23-21-19-17-15-13-11-9-7-5-3-4-6-8-10-12-14-16-18-20-22-24-26-28-30-32-2/h3-30H2,1-2H3. The number of hydrogen-bond donors (Lipinski definition) is 0. The molecule has 0 atom stereocenters. The average Bonchev–Trinajstić information content (AvgIpc) is 2.81. The Morgan fingerprint density at radius 2 is 0.344 bits per heavy atom. The van der Waals surface area contributed by atoms with Gasteiger partial charge >= 0.3 is 0 Å². The van der Waals surface area contributed by atoms with Crippen molar-refractivity contribution < 1.29 is 9.47 Å². The van der Waals surface area contributed by atoms with Crippen LogP contribution < -0.4 is 0 Å². The van der Waals surface area contributed by atoms with Gasteiger partial charge in [-0.3, -0.25) is 0 Å². The first-order valence-corrected chi connectivity index (χ1v) is 14.9. The quantitative estimate of drug-likeness (QED) is 0.105. The van der Waals surface area contributed by atoms with Crippen LogP contribution in [0.4, 0.5) is 0 Å². The molecule has 0 amide bonds. The van der Waals surface area contributed by atoms with E-state index in [2.05, 4.69) is 0 Å². The molecule has 0 spiro atoms. The van der Waals surface area contributed by atoms with Crippen molar-refractivity contribution in [2.24, 2.45) is 0 Å². The third-order valence-electron chi connectivity index (χ3n) is 6.95. The summed E-state index contributed by atoms with van der Waals surface area (Å²) >= 11 is 0. The molecule has 2 heteroatoms. The second kappa shape index (κ2) is 30.9. The van der Waals surface area contributed by atoms with Crippen LogP contribution in [0.25, 0.3) is 0 Å². The number of unbranched alkanes of at least 4 members (excludes halogenated alkanes) is 25. The summed E-state index contributed by atoms with van der Waals surface area (Å²) in [5.41, 5.74) is 0. The van der Waals surface area contributed by atoms with Gasteiger partial charge in [0.15, 0.2) is 0 Å². The Bertz CT molecular complexity index is 275. The molecular weight excluding hydrogens is 392 g/mol. The Morgan fingerprint density at radius 3 is 0.469 bits per heavy atom. The molecule has 0 radical (unpaired) electrons. The highest BCUT2D eigenvalue weighted by atomic mass is 16.5. The van der Waals surface area contributed by atoms with Crippen LogP contribution in [-0.2, 0) is 9.47 Å². The van der Waals surface area contributed by atoms with Crippen molar-refractivity contribution in [3.63, 3.8) is 0 Å². The molecule has 0 saturated carbocycles. The van der Waals surface area contributed by atoms with Crippen molar-refractivity contribution in [2.45, 2.75) is 167 Å². The van der Waals surface area contributed by atoms with Gasteiger partial charge in [-0.1, -0.05) is 154 Å². The molecular formula is C30H62O2. The molecule has 0 aliphatic carbocycles. The lowest BCUT2D eigenvalue weighted by atomic mass is 10.0. The van der Waals surface area contributed by atoms with Crippen LogP contribution in [0.15, 0.2) is 0 Å². The molecule has 0 fully saturated rings. The molecule has 194 valence electrons. The fourth-order valence-electron chi connectivity index (χ4n) is 4.74. The van der Waals surface area contributed by atoms with Crippen LogP contribution in [0.5, 0.6) is 0 Å². The summed E-state index contributed by atoms with van der Waals surface area (Å²) in [5, 5.41) is 0. The molecule has 0 aliphatic rings. The van der Waals surface area contributed by atoms with Gasteiger partial charge in [0.25, 0.3) is 0 Å². The highest BCUT2D eigenvalue weighted by Gasteiger charge is 1.96. The van der Waals surface area contributed by atoms with Gasteiger partial charge in [0.2, 0.25) is 0 Å². The summed E-state index contributed by atoms with van der Waals surface area (Å²) < 4.78 is 10.2. The lowest BCUT2D eigenvalue weighted by Crippen LogP contribution is -1.88. The minimum atomic E-state index is 0.942. The zero-order chi connectivity index (χ0) is 23.2. The monoisotopic (exact) mass is 454 g/mol. The van der Waals surface area contributed by atoms with E-state index >= 15 is 0 Å². The molecule has 0 bridgehead atoms. The van der Waals surface area contributed by atoms with E-state index in [1.165, 1.54) is 167 Å². The summed E-state index contributed by atoms with van der Waals surface area (Å²) in [6, 6.07) is 0. The molecule has 0 N–H and O–H groups in total. The molecule has 0 aliphatic heterocycles. The summed E-state index contributed by atoms with van der Waals surface area (Å²) in [6.45, 7) is 1.88. The average molecular weight is 455 g/mol. The van der Waals surface area contributed by atoms with Crippen molar-refractivity contribution >= 4 is 0 Å². The van der Waals surface area contributed by atoms with Gasteiger partial charge in [-0.2, -0.15) is 0 Å². The smallest absolute Gasteiger partial charge is 0.0462 e. The fourth-order valence-corrected chi connectivity index (χ4v) is 4.74. The normalized spacial score (nSPS) is 11.4. The van der Waals surface area contributed by atoms with Crippen LogP contribution in [0.1, 0.15) is 167 Å². The largest absolute Gasteiger partial charge is 0.385 e. The van der Waals surface area contributed by atoms with Gasteiger partial charge in [-0.05, 0) is 12.8 Å². The summed E-state index contributed by atoms with van der Waals surface area (Å²) in [7, 11) is 3.61. The Kier molecular flexibility index (Phi) is 30.8. The first kappa shape index (κ1) is 31.9. The Morgan fingerprint density at radius 1 is 0.219 bits per heavy atom. The lowest BCUT2D eigenvalue weighted by Gasteiger charge is -2.04. The zero-order valence-electron chi connectivity index (χ0n) is 22.6. The number of hydrogen-bond acceptors (Lipinski definition) is 2. The van der Waals surface area contributed by atoms with E-state index in [9.17, 15) is 0 Å². The topological polar surface area (TPSA) is 18.5 Å². The highest BCUT2D eigenvalue weighted by molar-refractivity contribution is 4.52. The van der Waals surface area contributed by atoms with Crippen molar-refractivity contribution in [2.75, 3.05) is 27.4 Å². The van der Waals surface area contributed by atoms with E-state index in [0.717, 1.165) is 13.2 Å². The third kappa shape index (κ3) is 29.9. The number of rotatable bonds is 29. The van der Waals surface area contributed by atoms with Crippen LogP contribution in [0.2, 0.25) is 0 Å². The van der Waals surface area contributed by atoms with Gasteiger partial charge in [0.1, 0.15) is 0 Å². The van der Waals surface area contributed by atoms with E-state index in [4.69, 9.17) is 9.47 Å². The molecule has 0 heterocycles. The van der Waals surface area contributed by atoms with Crippen LogP contribution >= 0.6 is 0 Å². The molecule has 0 aromatic rings. The van der Waals surface area contributed by atoms with E-state index in [-0.39, 0.29) is 0 Å². The van der Waals surface area contributed by atoms with Gasteiger partial charge in [0.05, 0.1) is 0 Å². The van der Waals surface area contributed by atoms with Crippen molar-refractivity contribution in [3.05, 3.63) is 0 Å².